The van der Waals surface area contributed by atoms with Gasteiger partial charge in [0.25, 0.3) is 0 Å². The fourth-order valence-electron chi connectivity index (χ4n) is 4.35. The summed E-state index contributed by atoms with van der Waals surface area (Å²) in [5.41, 5.74) is -0.400. The van der Waals surface area contributed by atoms with Gasteiger partial charge in [0.2, 0.25) is 5.79 Å². The van der Waals surface area contributed by atoms with Gasteiger partial charge >= 0.3 is 0 Å². The van der Waals surface area contributed by atoms with E-state index in [1.165, 1.54) is 23.5 Å². The van der Waals surface area contributed by atoms with E-state index in [4.69, 9.17) is 21.1 Å². The van der Waals surface area contributed by atoms with Crippen LogP contribution in [0.1, 0.15) is 16.0 Å². The van der Waals surface area contributed by atoms with Gasteiger partial charge in [0.05, 0.1) is 13.2 Å². The molecule has 4 N–H and O–H groups in total. The van der Waals surface area contributed by atoms with Gasteiger partial charge in [-0.3, -0.25) is 0 Å². The fourth-order valence-corrected chi connectivity index (χ4v) is 5.60. The van der Waals surface area contributed by atoms with Gasteiger partial charge in [-0.05, 0) is 47.3 Å². The van der Waals surface area contributed by atoms with Crippen molar-refractivity contribution >= 4 is 33.0 Å². The van der Waals surface area contributed by atoms with E-state index in [9.17, 15) is 24.8 Å². The van der Waals surface area contributed by atoms with Crippen LogP contribution in [0.3, 0.4) is 0 Å². The third-order valence-corrected chi connectivity index (χ3v) is 7.56. The Hall–Kier alpha value is -1.62. The molecule has 2 aromatic carbocycles. The van der Waals surface area contributed by atoms with Crippen LogP contribution in [0.2, 0.25) is 5.02 Å². The van der Waals surface area contributed by atoms with Crippen LogP contribution in [-0.4, -0.2) is 57.6 Å². The molecule has 2 saturated heterocycles. The average molecular weight is 467 g/mol. The van der Waals surface area contributed by atoms with Crippen LogP contribution in [0.4, 0.5) is 4.39 Å². The summed E-state index contributed by atoms with van der Waals surface area (Å²) in [6, 6.07) is 11.5. The van der Waals surface area contributed by atoms with Gasteiger partial charge in [0.15, 0.2) is 0 Å². The predicted octanol–water partition coefficient (Wildman–Crippen LogP) is 2.31. The topological polar surface area (TPSA) is 99.4 Å². The van der Waals surface area contributed by atoms with E-state index in [0.29, 0.717) is 17.0 Å². The summed E-state index contributed by atoms with van der Waals surface area (Å²) >= 11 is 7.95. The Kier molecular flexibility index (Phi) is 5.12. The highest BCUT2D eigenvalue weighted by molar-refractivity contribution is 7.19. The van der Waals surface area contributed by atoms with Crippen LogP contribution in [0.15, 0.2) is 42.5 Å². The van der Waals surface area contributed by atoms with E-state index in [1.54, 1.807) is 24.3 Å². The van der Waals surface area contributed by atoms with Crippen molar-refractivity contribution in [2.45, 2.75) is 36.1 Å². The third-order valence-electron chi connectivity index (χ3n) is 6.07. The molecule has 5 rings (SSSR count). The fraction of sp³-hybridized carbons (Fsp3) is 0.364. The summed E-state index contributed by atoms with van der Waals surface area (Å²) in [6.07, 6.45) is -4.20. The number of fused-ring (bicyclic) bond motifs is 3. The lowest BCUT2D eigenvalue weighted by Gasteiger charge is -2.46. The number of halogens is 2. The van der Waals surface area contributed by atoms with Crippen molar-refractivity contribution in [2.24, 2.45) is 0 Å². The van der Waals surface area contributed by atoms with Crippen LogP contribution in [0.25, 0.3) is 10.1 Å². The molecule has 0 saturated carbocycles. The molecule has 164 valence electrons. The van der Waals surface area contributed by atoms with Crippen LogP contribution in [0.5, 0.6) is 0 Å². The predicted molar refractivity (Wildman–Crippen MR) is 113 cm³/mol. The number of hydrogen-bond acceptors (Lipinski definition) is 7. The molecule has 0 aliphatic carbocycles. The number of benzene rings is 2. The van der Waals surface area contributed by atoms with Crippen molar-refractivity contribution in [1.82, 2.24) is 0 Å². The second kappa shape index (κ2) is 7.47. The lowest BCUT2D eigenvalue weighted by atomic mass is 9.83. The Balaban J connectivity index is 1.52. The largest absolute Gasteiger partial charge is 0.393 e. The highest BCUT2D eigenvalue weighted by atomic mass is 35.5. The Bertz CT molecular complexity index is 1150. The average Bonchev–Trinajstić information content (AvgIpc) is 3.34. The van der Waals surface area contributed by atoms with Gasteiger partial charge < -0.3 is 29.9 Å². The van der Waals surface area contributed by atoms with E-state index >= 15 is 0 Å². The molecule has 31 heavy (non-hydrogen) atoms. The van der Waals surface area contributed by atoms with E-state index in [0.717, 1.165) is 20.5 Å². The van der Waals surface area contributed by atoms with Gasteiger partial charge in [-0.15, -0.1) is 11.3 Å². The summed E-state index contributed by atoms with van der Waals surface area (Å²) in [5.74, 6) is -2.05. The standard InChI is InChI=1S/C22H20ClFO6S/c23-16-3-1-13(22-20(28)18(26)19(27)21(9-25,30-22)10-29-22)5-11(16)7-15-8-12-6-14(24)2-4-17(12)31-15/h1-6,8,18-20,25-28H,7,9-10H2/t18-,19-,20+,21-,22-/m0/s1. The van der Waals surface area contributed by atoms with Gasteiger partial charge in [0.1, 0.15) is 29.7 Å². The van der Waals surface area contributed by atoms with Crippen molar-refractivity contribution in [1.29, 1.82) is 0 Å². The zero-order valence-electron chi connectivity index (χ0n) is 16.2. The van der Waals surface area contributed by atoms with Gasteiger partial charge in [0, 0.05) is 26.6 Å². The summed E-state index contributed by atoms with van der Waals surface area (Å²) < 4.78 is 26.1. The molecule has 0 amide bonds. The maximum atomic E-state index is 13.5. The summed E-state index contributed by atoms with van der Waals surface area (Å²) in [4.78, 5) is 0.967. The van der Waals surface area contributed by atoms with Crippen LogP contribution < -0.4 is 0 Å². The molecule has 5 atom stereocenters. The van der Waals surface area contributed by atoms with E-state index in [2.05, 4.69) is 0 Å². The quantitative estimate of drug-likeness (QED) is 0.471. The Morgan fingerprint density at radius 1 is 1.10 bits per heavy atom. The molecule has 6 nitrogen and oxygen atoms in total. The normalized spacial score (nSPS) is 32.6. The van der Waals surface area contributed by atoms with Crippen molar-refractivity contribution in [3.05, 3.63) is 69.3 Å². The Labute approximate surface area is 186 Å². The first-order valence-electron chi connectivity index (χ1n) is 9.74. The molecule has 0 spiro atoms. The second-order valence-corrected chi connectivity index (χ2v) is 9.61. The van der Waals surface area contributed by atoms with Crippen LogP contribution >= 0.6 is 22.9 Å². The molecule has 3 heterocycles. The molecule has 2 aliphatic heterocycles. The van der Waals surface area contributed by atoms with Crippen molar-refractivity contribution < 1.29 is 34.3 Å². The van der Waals surface area contributed by atoms with Crippen molar-refractivity contribution in [3.63, 3.8) is 0 Å². The molecule has 3 aromatic rings. The number of aliphatic hydroxyl groups excluding tert-OH is 4. The maximum Gasteiger partial charge on any atom is 0.225 e. The molecular formula is C22H20ClFO6S. The maximum absolute atomic E-state index is 13.5. The van der Waals surface area contributed by atoms with Crippen molar-refractivity contribution in [2.75, 3.05) is 13.2 Å². The summed E-state index contributed by atoms with van der Waals surface area (Å²) in [6.45, 7) is -0.781. The van der Waals surface area contributed by atoms with Crippen LogP contribution in [-0.2, 0) is 21.7 Å². The second-order valence-electron chi connectivity index (χ2n) is 8.04. The third kappa shape index (κ3) is 3.21. The number of hydrogen-bond donors (Lipinski definition) is 4. The summed E-state index contributed by atoms with van der Waals surface area (Å²) in [7, 11) is 0. The first-order chi connectivity index (χ1) is 14.8. The number of rotatable bonds is 4. The molecule has 1 aromatic heterocycles. The summed E-state index contributed by atoms with van der Waals surface area (Å²) in [5, 5.41) is 42.5. The minimum Gasteiger partial charge on any atom is -0.393 e. The minimum absolute atomic E-state index is 0.196. The lowest BCUT2D eigenvalue weighted by molar-refractivity contribution is -0.329. The number of ether oxygens (including phenoxy) is 2. The molecular weight excluding hydrogens is 447 g/mol. The molecule has 2 fully saturated rings. The number of thiophene rings is 1. The highest BCUT2D eigenvalue weighted by Gasteiger charge is 2.67. The Morgan fingerprint density at radius 3 is 2.68 bits per heavy atom. The number of aliphatic hydroxyl groups is 4. The minimum atomic E-state index is -1.75. The van der Waals surface area contributed by atoms with Gasteiger partial charge in [-0.2, -0.15) is 0 Å². The first-order valence-corrected chi connectivity index (χ1v) is 10.9. The lowest BCUT2D eigenvalue weighted by Crippen LogP contribution is -2.65. The smallest absolute Gasteiger partial charge is 0.225 e. The van der Waals surface area contributed by atoms with E-state index < -0.39 is 36.3 Å². The monoisotopic (exact) mass is 466 g/mol. The van der Waals surface area contributed by atoms with E-state index in [-0.39, 0.29) is 12.4 Å². The van der Waals surface area contributed by atoms with E-state index in [1.807, 2.05) is 6.07 Å². The van der Waals surface area contributed by atoms with Gasteiger partial charge in [-0.1, -0.05) is 17.7 Å². The molecule has 0 radical (unpaired) electrons. The van der Waals surface area contributed by atoms with Gasteiger partial charge in [-0.25, -0.2) is 4.39 Å². The highest BCUT2D eigenvalue weighted by Crippen LogP contribution is 2.50. The zero-order valence-corrected chi connectivity index (χ0v) is 17.7. The Morgan fingerprint density at radius 2 is 1.90 bits per heavy atom. The molecule has 2 bridgehead atoms. The molecule has 2 aliphatic rings. The SMILES string of the molecule is OC[C@@]12CO[C@@](c3ccc(Cl)c(Cc4cc5cc(F)ccc5s4)c3)(O1)[C@H](O)[C@@H](O)[C@@H]2O. The zero-order chi connectivity index (χ0) is 22.0. The first kappa shape index (κ1) is 21.2. The molecule has 9 heteroatoms. The molecule has 0 unspecified atom stereocenters. The van der Waals surface area contributed by atoms with Crippen molar-refractivity contribution in [3.8, 4) is 0 Å². The van der Waals surface area contributed by atoms with Crippen LogP contribution in [0, 0.1) is 5.82 Å².